The Hall–Kier alpha value is -2.80. The van der Waals surface area contributed by atoms with Crippen LogP contribution in [-0.4, -0.2) is 27.5 Å². The predicted octanol–water partition coefficient (Wildman–Crippen LogP) is 3.14. The number of sulfonamides is 1. The molecule has 0 atom stereocenters. The standard InChI is InChI=1S/C19H21N3O3S/c1-2-12-20-19(23)21-16-11-10-15-7-6-13-22(18(15)14-16)26(24,25)17-8-4-3-5-9-17/h2-5,8-11,14H,1,6-7,12-13H2,(H2,20,21,23). The number of benzene rings is 2. The number of amides is 2. The topological polar surface area (TPSA) is 78.5 Å². The van der Waals surface area contributed by atoms with Crippen molar-refractivity contribution < 1.29 is 13.2 Å². The first-order chi connectivity index (χ1) is 12.5. The Bertz CT molecular complexity index is 911. The summed E-state index contributed by atoms with van der Waals surface area (Å²) in [5, 5.41) is 5.35. The van der Waals surface area contributed by atoms with Gasteiger partial charge in [-0.2, -0.15) is 0 Å². The average molecular weight is 371 g/mol. The number of anilines is 2. The SMILES string of the molecule is C=CCNC(=O)Nc1ccc2c(c1)N(S(=O)(=O)c1ccccc1)CCC2. The van der Waals surface area contributed by atoms with Gasteiger partial charge >= 0.3 is 6.03 Å². The molecule has 2 N–H and O–H groups in total. The Kier molecular flexibility index (Phi) is 5.27. The number of carbonyl (C=O) groups is 1. The molecule has 0 aliphatic carbocycles. The Balaban J connectivity index is 1.92. The molecule has 2 aromatic carbocycles. The highest BCUT2D eigenvalue weighted by Gasteiger charge is 2.29. The van der Waals surface area contributed by atoms with Gasteiger partial charge in [0.15, 0.2) is 0 Å². The fraction of sp³-hybridized carbons (Fsp3) is 0.211. The summed E-state index contributed by atoms with van der Waals surface area (Å²) in [7, 11) is -3.64. The fourth-order valence-corrected chi connectivity index (χ4v) is 4.48. The van der Waals surface area contributed by atoms with E-state index in [1.165, 1.54) is 4.31 Å². The van der Waals surface area contributed by atoms with E-state index in [-0.39, 0.29) is 10.9 Å². The van der Waals surface area contributed by atoms with Crippen molar-refractivity contribution in [3.05, 3.63) is 66.7 Å². The van der Waals surface area contributed by atoms with Gasteiger partial charge in [0, 0.05) is 18.8 Å². The molecule has 0 bridgehead atoms. The van der Waals surface area contributed by atoms with E-state index in [0.29, 0.717) is 24.5 Å². The van der Waals surface area contributed by atoms with E-state index in [4.69, 9.17) is 0 Å². The number of nitrogens with one attached hydrogen (secondary N) is 2. The number of rotatable bonds is 5. The summed E-state index contributed by atoms with van der Waals surface area (Å²) >= 11 is 0. The molecule has 0 saturated heterocycles. The van der Waals surface area contributed by atoms with Crippen LogP contribution in [0.5, 0.6) is 0 Å². The van der Waals surface area contributed by atoms with Gasteiger partial charge in [-0.05, 0) is 42.7 Å². The van der Waals surface area contributed by atoms with Crippen LogP contribution in [0.15, 0.2) is 66.1 Å². The Morgan fingerprint density at radius 1 is 1.19 bits per heavy atom. The monoisotopic (exact) mass is 371 g/mol. The number of hydrogen-bond donors (Lipinski definition) is 2. The largest absolute Gasteiger partial charge is 0.334 e. The first-order valence-corrected chi connectivity index (χ1v) is 9.83. The van der Waals surface area contributed by atoms with Crippen molar-refractivity contribution in [2.75, 3.05) is 22.7 Å². The molecule has 6 nitrogen and oxygen atoms in total. The lowest BCUT2D eigenvalue weighted by Gasteiger charge is -2.31. The Morgan fingerprint density at radius 3 is 2.69 bits per heavy atom. The lowest BCUT2D eigenvalue weighted by Crippen LogP contribution is -2.35. The number of fused-ring (bicyclic) bond motifs is 1. The maximum Gasteiger partial charge on any atom is 0.319 e. The van der Waals surface area contributed by atoms with Crippen molar-refractivity contribution in [3.8, 4) is 0 Å². The van der Waals surface area contributed by atoms with E-state index < -0.39 is 10.0 Å². The van der Waals surface area contributed by atoms with Crippen molar-refractivity contribution in [3.63, 3.8) is 0 Å². The van der Waals surface area contributed by atoms with Crippen LogP contribution >= 0.6 is 0 Å². The Morgan fingerprint density at radius 2 is 1.96 bits per heavy atom. The van der Waals surface area contributed by atoms with Gasteiger partial charge in [-0.15, -0.1) is 6.58 Å². The van der Waals surface area contributed by atoms with Crippen LogP contribution in [0.2, 0.25) is 0 Å². The highest BCUT2D eigenvalue weighted by molar-refractivity contribution is 7.92. The van der Waals surface area contributed by atoms with E-state index >= 15 is 0 Å². The third-order valence-electron chi connectivity index (χ3n) is 4.16. The zero-order valence-electron chi connectivity index (χ0n) is 14.3. The lowest BCUT2D eigenvalue weighted by molar-refractivity contribution is 0.253. The van der Waals surface area contributed by atoms with Gasteiger partial charge in [0.05, 0.1) is 10.6 Å². The molecule has 0 spiro atoms. The Labute approximate surface area is 153 Å². The number of hydrogen-bond acceptors (Lipinski definition) is 3. The zero-order valence-corrected chi connectivity index (χ0v) is 15.1. The molecule has 2 amide bonds. The molecule has 136 valence electrons. The summed E-state index contributed by atoms with van der Waals surface area (Å²) in [5.41, 5.74) is 2.11. The summed E-state index contributed by atoms with van der Waals surface area (Å²) in [6, 6.07) is 13.4. The number of carbonyl (C=O) groups excluding carboxylic acids is 1. The first kappa shape index (κ1) is 18.0. The van der Waals surface area contributed by atoms with E-state index in [2.05, 4.69) is 17.2 Å². The molecule has 3 rings (SSSR count). The molecule has 7 heteroatoms. The maximum atomic E-state index is 13.0. The van der Waals surface area contributed by atoms with E-state index in [0.717, 1.165) is 18.4 Å². The van der Waals surface area contributed by atoms with Gasteiger partial charge in [0.2, 0.25) is 0 Å². The fourth-order valence-electron chi connectivity index (χ4n) is 2.93. The molecule has 0 fully saturated rings. The smallest absolute Gasteiger partial charge is 0.319 e. The molecular formula is C19H21N3O3S. The van der Waals surface area contributed by atoms with Crippen LogP contribution in [-0.2, 0) is 16.4 Å². The van der Waals surface area contributed by atoms with Crippen LogP contribution in [0.4, 0.5) is 16.2 Å². The number of aryl methyl sites for hydroxylation is 1. The van der Waals surface area contributed by atoms with E-state index in [1.54, 1.807) is 48.5 Å². The summed E-state index contributed by atoms with van der Waals surface area (Å²) in [5.74, 6) is 0. The maximum absolute atomic E-state index is 13.0. The molecule has 0 saturated carbocycles. The molecule has 2 aromatic rings. The van der Waals surface area contributed by atoms with Gasteiger partial charge in [0.1, 0.15) is 0 Å². The molecule has 1 aliphatic heterocycles. The summed E-state index contributed by atoms with van der Waals surface area (Å²) < 4.78 is 27.5. The van der Waals surface area contributed by atoms with Gasteiger partial charge < -0.3 is 10.6 Å². The van der Waals surface area contributed by atoms with Crippen LogP contribution in [0.1, 0.15) is 12.0 Å². The highest BCUT2D eigenvalue weighted by atomic mass is 32.2. The number of urea groups is 1. The summed E-state index contributed by atoms with van der Waals surface area (Å²) in [4.78, 5) is 12.1. The van der Waals surface area contributed by atoms with Crippen LogP contribution in [0.3, 0.4) is 0 Å². The van der Waals surface area contributed by atoms with E-state index in [1.807, 2.05) is 6.07 Å². The van der Waals surface area contributed by atoms with Gasteiger partial charge in [-0.25, -0.2) is 13.2 Å². The molecule has 0 unspecified atom stereocenters. The molecule has 26 heavy (non-hydrogen) atoms. The molecule has 0 radical (unpaired) electrons. The predicted molar refractivity (Wildman–Crippen MR) is 103 cm³/mol. The van der Waals surface area contributed by atoms with Crippen molar-refractivity contribution in [1.29, 1.82) is 0 Å². The van der Waals surface area contributed by atoms with Crippen molar-refractivity contribution in [2.45, 2.75) is 17.7 Å². The van der Waals surface area contributed by atoms with Crippen molar-refractivity contribution in [1.82, 2.24) is 5.32 Å². The van der Waals surface area contributed by atoms with Crippen molar-refractivity contribution in [2.24, 2.45) is 0 Å². The van der Waals surface area contributed by atoms with Gasteiger partial charge in [-0.1, -0.05) is 30.3 Å². The van der Waals surface area contributed by atoms with E-state index in [9.17, 15) is 13.2 Å². The minimum absolute atomic E-state index is 0.259. The quantitative estimate of drug-likeness (QED) is 0.793. The minimum Gasteiger partial charge on any atom is -0.334 e. The second kappa shape index (κ2) is 7.61. The van der Waals surface area contributed by atoms with Crippen LogP contribution < -0.4 is 14.9 Å². The lowest BCUT2D eigenvalue weighted by atomic mass is 10.0. The second-order valence-corrected chi connectivity index (χ2v) is 7.82. The summed E-state index contributed by atoms with van der Waals surface area (Å²) in [6.45, 7) is 4.31. The second-order valence-electron chi connectivity index (χ2n) is 5.96. The average Bonchev–Trinajstić information content (AvgIpc) is 2.66. The van der Waals surface area contributed by atoms with Crippen LogP contribution in [0.25, 0.3) is 0 Å². The normalized spacial score (nSPS) is 13.6. The summed E-state index contributed by atoms with van der Waals surface area (Å²) in [6.07, 6.45) is 3.14. The molecular weight excluding hydrogens is 350 g/mol. The first-order valence-electron chi connectivity index (χ1n) is 8.39. The molecule has 0 aromatic heterocycles. The van der Waals surface area contributed by atoms with Gasteiger partial charge in [-0.3, -0.25) is 4.31 Å². The zero-order chi connectivity index (χ0) is 18.6. The third-order valence-corrected chi connectivity index (χ3v) is 5.98. The number of nitrogens with zero attached hydrogens (tertiary/aromatic N) is 1. The van der Waals surface area contributed by atoms with Gasteiger partial charge in [0.25, 0.3) is 10.0 Å². The molecule has 1 aliphatic rings. The highest BCUT2D eigenvalue weighted by Crippen LogP contribution is 2.34. The third kappa shape index (κ3) is 3.72. The minimum atomic E-state index is -3.64. The molecule has 1 heterocycles. The van der Waals surface area contributed by atoms with Crippen LogP contribution in [0, 0.1) is 0 Å². The van der Waals surface area contributed by atoms with Crippen molar-refractivity contribution >= 4 is 27.4 Å².